The molecule has 0 radical (unpaired) electrons. The average molecular weight is 262 g/mol. The fourth-order valence-electron chi connectivity index (χ4n) is 0.962. The minimum atomic E-state index is -0.228. The van der Waals surface area contributed by atoms with Crippen molar-refractivity contribution in [3.05, 3.63) is 22.6 Å². The molecule has 2 N–H and O–H groups in total. The summed E-state index contributed by atoms with van der Waals surface area (Å²) < 4.78 is 5.60. The van der Waals surface area contributed by atoms with E-state index in [0.717, 1.165) is 6.42 Å². The molecule has 0 fully saturated rings. The van der Waals surface area contributed by atoms with Gasteiger partial charge >= 0.3 is 0 Å². The first-order chi connectivity index (χ1) is 6.74. The van der Waals surface area contributed by atoms with Gasteiger partial charge in [0.05, 0.1) is 0 Å². The predicted octanol–water partition coefficient (Wildman–Crippen LogP) is 1.54. The van der Waals surface area contributed by atoms with Gasteiger partial charge in [0.15, 0.2) is 10.4 Å². The van der Waals surface area contributed by atoms with Gasteiger partial charge in [-0.15, -0.1) is 0 Å². The van der Waals surface area contributed by atoms with E-state index >= 15 is 0 Å². The highest BCUT2D eigenvalue weighted by Crippen LogP contribution is 2.13. The van der Waals surface area contributed by atoms with Gasteiger partial charge in [-0.3, -0.25) is 4.79 Å². The predicted molar refractivity (Wildman–Crippen MR) is 55.1 cm³/mol. The molecule has 1 aromatic rings. The fourth-order valence-corrected chi connectivity index (χ4v) is 1.27. The van der Waals surface area contributed by atoms with Gasteiger partial charge in [-0.2, -0.15) is 0 Å². The summed E-state index contributed by atoms with van der Waals surface area (Å²) in [7, 11) is 0. The first-order valence-corrected chi connectivity index (χ1v) is 5.17. The maximum Gasteiger partial charge on any atom is 0.287 e. The smallest absolute Gasteiger partial charge is 0.287 e. The van der Waals surface area contributed by atoms with Gasteiger partial charge < -0.3 is 14.8 Å². The molecule has 0 saturated carbocycles. The van der Waals surface area contributed by atoms with Gasteiger partial charge in [0, 0.05) is 13.2 Å². The molecule has 1 rings (SSSR count). The van der Waals surface area contributed by atoms with Crippen LogP contribution in [0.4, 0.5) is 0 Å². The second-order valence-electron chi connectivity index (χ2n) is 2.79. The zero-order chi connectivity index (χ0) is 10.4. The van der Waals surface area contributed by atoms with Gasteiger partial charge in [0.1, 0.15) is 0 Å². The lowest BCUT2D eigenvalue weighted by Gasteiger charge is -2.01. The summed E-state index contributed by atoms with van der Waals surface area (Å²) in [4.78, 5) is 11.3. The quantitative estimate of drug-likeness (QED) is 0.791. The Hall–Kier alpha value is -0.810. The lowest BCUT2D eigenvalue weighted by Crippen LogP contribution is -2.24. The van der Waals surface area contributed by atoms with Crippen molar-refractivity contribution < 1.29 is 14.3 Å². The Balaban J connectivity index is 2.29. The average Bonchev–Trinajstić information content (AvgIpc) is 2.59. The number of carbonyl (C=O) groups is 1. The Labute approximate surface area is 90.4 Å². The summed E-state index contributed by atoms with van der Waals surface area (Å²) in [5.41, 5.74) is 0. The Morgan fingerprint density at radius 2 is 2.29 bits per heavy atom. The molecular formula is C9H12BrNO3. The highest BCUT2D eigenvalue weighted by molar-refractivity contribution is 9.10. The molecule has 0 saturated heterocycles. The molecule has 0 aromatic carbocycles. The van der Waals surface area contributed by atoms with Crippen LogP contribution in [-0.2, 0) is 0 Å². The van der Waals surface area contributed by atoms with E-state index in [1.807, 2.05) is 0 Å². The van der Waals surface area contributed by atoms with Crippen molar-refractivity contribution in [1.82, 2.24) is 5.32 Å². The number of nitrogens with one attached hydrogen (secondary N) is 1. The molecule has 0 aliphatic carbocycles. The third kappa shape index (κ3) is 3.51. The molecule has 14 heavy (non-hydrogen) atoms. The molecule has 0 aliphatic rings. The van der Waals surface area contributed by atoms with E-state index < -0.39 is 0 Å². The normalized spacial score (nSPS) is 10.1. The minimum Gasteiger partial charge on any atom is -0.444 e. The second kappa shape index (κ2) is 5.82. The van der Waals surface area contributed by atoms with E-state index in [2.05, 4.69) is 21.2 Å². The number of hydrogen-bond donors (Lipinski definition) is 2. The number of hydrogen-bond acceptors (Lipinski definition) is 3. The third-order valence-corrected chi connectivity index (χ3v) is 2.09. The van der Waals surface area contributed by atoms with E-state index in [-0.39, 0.29) is 12.5 Å². The molecule has 0 spiro atoms. The third-order valence-electron chi connectivity index (χ3n) is 1.67. The van der Waals surface area contributed by atoms with Crippen LogP contribution in [0.5, 0.6) is 0 Å². The lowest BCUT2D eigenvalue weighted by atomic mass is 10.3. The zero-order valence-electron chi connectivity index (χ0n) is 7.62. The largest absolute Gasteiger partial charge is 0.444 e. The fraction of sp³-hybridized carbons (Fsp3) is 0.444. The summed E-state index contributed by atoms with van der Waals surface area (Å²) in [5.74, 6) is 0.0644. The van der Waals surface area contributed by atoms with Crippen LogP contribution in [0, 0.1) is 0 Å². The molecule has 78 valence electrons. The van der Waals surface area contributed by atoms with Gasteiger partial charge in [-0.1, -0.05) is 0 Å². The molecule has 1 heterocycles. The number of aliphatic hydroxyl groups is 1. The number of aliphatic hydroxyl groups excluding tert-OH is 1. The topological polar surface area (TPSA) is 62.5 Å². The van der Waals surface area contributed by atoms with Crippen molar-refractivity contribution in [3.8, 4) is 0 Å². The van der Waals surface area contributed by atoms with E-state index in [9.17, 15) is 4.79 Å². The van der Waals surface area contributed by atoms with E-state index in [0.29, 0.717) is 23.4 Å². The van der Waals surface area contributed by atoms with Crippen molar-refractivity contribution in [3.63, 3.8) is 0 Å². The highest BCUT2D eigenvalue weighted by Gasteiger charge is 2.08. The molecular weight excluding hydrogens is 250 g/mol. The Kier molecular flexibility index (Phi) is 4.69. The summed E-state index contributed by atoms with van der Waals surface area (Å²) in [6, 6.07) is 3.27. The van der Waals surface area contributed by atoms with Crippen molar-refractivity contribution in [1.29, 1.82) is 0 Å². The van der Waals surface area contributed by atoms with Crippen LogP contribution >= 0.6 is 15.9 Å². The standard InChI is InChI=1S/C9H12BrNO3/c10-8-4-3-7(14-8)9(13)11-5-1-2-6-12/h3-4,12H,1-2,5-6H2,(H,11,13). The number of halogens is 1. The number of unbranched alkanes of at least 4 members (excludes halogenated alkanes) is 1. The van der Waals surface area contributed by atoms with Gasteiger partial charge in [0.2, 0.25) is 0 Å². The minimum absolute atomic E-state index is 0.155. The van der Waals surface area contributed by atoms with E-state index in [4.69, 9.17) is 9.52 Å². The molecule has 1 amide bonds. The van der Waals surface area contributed by atoms with Crippen molar-refractivity contribution >= 4 is 21.8 Å². The van der Waals surface area contributed by atoms with Crippen molar-refractivity contribution in [2.45, 2.75) is 12.8 Å². The molecule has 0 bridgehead atoms. The molecule has 4 nitrogen and oxygen atoms in total. The van der Waals surface area contributed by atoms with Crippen LogP contribution in [0.1, 0.15) is 23.4 Å². The highest BCUT2D eigenvalue weighted by atomic mass is 79.9. The number of furan rings is 1. The molecule has 0 atom stereocenters. The molecule has 1 aromatic heterocycles. The summed E-state index contributed by atoms with van der Waals surface area (Å²) in [6.45, 7) is 0.708. The van der Waals surface area contributed by atoms with E-state index in [1.54, 1.807) is 12.1 Å². The van der Waals surface area contributed by atoms with Crippen molar-refractivity contribution in [2.75, 3.05) is 13.2 Å². The summed E-state index contributed by atoms with van der Waals surface area (Å²) in [6.07, 6.45) is 1.46. The molecule has 0 unspecified atom stereocenters. The first-order valence-electron chi connectivity index (χ1n) is 4.38. The summed E-state index contributed by atoms with van der Waals surface area (Å²) in [5, 5.41) is 11.2. The SMILES string of the molecule is O=C(NCCCCO)c1ccc(Br)o1. The Morgan fingerprint density at radius 3 is 2.86 bits per heavy atom. The van der Waals surface area contributed by atoms with Crippen LogP contribution in [0.25, 0.3) is 0 Å². The maximum atomic E-state index is 11.3. The Morgan fingerprint density at radius 1 is 1.50 bits per heavy atom. The lowest BCUT2D eigenvalue weighted by molar-refractivity contribution is 0.0923. The number of amides is 1. The van der Waals surface area contributed by atoms with Crippen LogP contribution in [0.15, 0.2) is 21.2 Å². The first kappa shape index (κ1) is 11.3. The second-order valence-corrected chi connectivity index (χ2v) is 3.57. The van der Waals surface area contributed by atoms with Gasteiger partial charge in [-0.25, -0.2) is 0 Å². The molecule has 0 aliphatic heterocycles. The maximum absolute atomic E-state index is 11.3. The van der Waals surface area contributed by atoms with Crippen molar-refractivity contribution in [2.24, 2.45) is 0 Å². The van der Waals surface area contributed by atoms with Gasteiger partial charge in [-0.05, 0) is 40.9 Å². The van der Waals surface area contributed by atoms with Crippen LogP contribution in [0.2, 0.25) is 0 Å². The molecule has 5 heteroatoms. The Bertz CT molecular complexity index is 298. The zero-order valence-corrected chi connectivity index (χ0v) is 9.21. The monoisotopic (exact) mass is 261 g/mol. The van der Waals surface area contributed by atoms with Crippen LogP contribution in [0.3, 0.4) is 0 Å². The number of rotatable bonds is 5. The van der Waals surface area contributed by atoms with Crippen LogP contribution < -0.4 is 5.32 Å². The van der Waals surface area contributed by atoms with E-state index in [1.165, 1.54) is 0 Å². The van der Waals surface area contributed by atoms with Gasteiger partial charge in [0.25, 0.3) is 5.91 Å². The van der Waals surface area contributed by atoms with Crippen LogP contribution in [-0.4, -0.2) is 24.2 Å². The summed E-state index contributed by atoms with van der Waals surface area (Å²) >= 11 is 3.11. The number of carbonyl (C=O) groups excluding carboxylic acids is 1.